The van der Waals surface area contributed by atoms with Crippen LogP contribution in [0, 0.1) is 13.8 Å². The van der Waals surface area contributed by atoms with Gasteiger partial charge in [-0.1, -0.05) is 48.5 Å². The van der Waals surface area contributed by atoms with Crippen molar-refractivity contribution >= 4 is 26.5 Å². The maximum Gasteiger partial charge on any atom is 0.243 e. The van der Waals surface area contributed by atoms with Crippen LogP contribution in [0.3, 0.4) is 0 Å². The van der Waals surface area contributed by atoms with E-state index in [0.717, 1.165) is 6.54 Å². The third kappa shape index (κ3) is 4.28. The van der Waals surface area contributed by atoms with Gasteiger partial charge in [0.25, 0.3) is 0 Å². The first kappa shape index (κ1) is 23.4. The number of aryl methyl sites for hydroxylation is 1. The number of rotatable bonds is 6. The molecule has 1 aliphatic rings. The third-order valence-corrected chi connectivity index (χ3v) is 8.89. The Bertz CT molecular complexity index is 1520. The van der Waals surface area contributed by atoms with Crippen LogP contribution in [-0.2, 0) is 16.6 Å². The molecule has 2 heterocycles. The fraction of sp³-hybridized carbons (Fsp3) is 0.241. The molecule has 0 saturated heterocycles. The highest BCUT2D eigenvalue weighted by molar-refractivity contribution is 7.89. The number of benzene rings is 3. The Hall–Kier alpha value is -3.35. The zero-order chi connectivity index (χ0) is 24.6. The molecule has 0 aliphatic carbocycles. The van der Waals surface area contributed by atoms with Crippen LogP contribution >= 0.6 is 0 Å². The maximum atomic E-state index is 13.2. The van der Waals surface area contributed by atoms with E-state index in [9.17, 15) is 8.42 Å². The van der Waals surface area contributed by atoms with Crippen LogP contribution in [0.25, 0.3) is 16.5 Å². The van der Waals surface area contributed by atoms with E-state index in [1.165, 1.54) is 38.9 Å². The van der Waals surface area contributed by atoms with Crippen molar-refractivity contribution in [2.45, 2.75) is 31.7 Å². The summed E-state index contributed by atoms with van der Waals surface area (Å²) in [6.45, 7) is 5.95. The predicted octanol–water partition coefficient (Wildman–Crippen LogP) is 5.79. The van der Waals surface area contributed by atoms with Crippen molar-refractivity contribution in [2.75, 3.05) is 20.2 Å². The summed E-state index contributed by atoms with van der Waals surface area (Å²) in [7, 11) is -1.99. The number of sulfonamides is 1. The molecule has 1 aliphatic heterocycles. The molecule has 0 N–H and O–H groups in total. The van der Waals surface area contributed by atoms with Gasteiger partial charge in [-0.25, -0.2) is 8.42 Å². The Morgan fingerprint density at radius 1 is 0.914 bits per heavy atom. The minimum atomic E-state index is -3.56. The second-order valence-electron chi connectivity index (χ2n) is 9.01. The van der Waals surface area contributed by atoms with E-state index in [0.29, 0.717) is 30.2 Å². The van der Waals surface area contributed by atoms with Gasteiger partial charge in [0.05, 0.1) is 12.0 Å². The van der Waals surface area contributed by atoms with Gasteiger partial charge in [-0.05, 0) is 67.3 Å². The van der Waals surface area contributed by atoms with Crippen LogP contribution in [-0.4, -0.2) is 37.5 Å². The fourth-order valence-corrected chi connectivity index (χ4v) is 6.37. The highest BCUT2D eigenvalue weighted by atomic mass is 32.2. The first-order chi connectivity index (χ1) is 16.9. The van der Waals surface area contributed by atoms with Crippen LogP contribution in [0.1, 0.15) is 28.8 Å². The molecular formula is C29H30N2O3S. The highest BCUT2D eigenvalue weighted by Crippen LogP contribution is 2.36. The van der Waals surface area contributed by atoms with Crippen molar-refractivity contribution in [2.24, 2.45) is 0 Å². The number of hydrogen-bond acceptors (Lipinski definition) is 3. The van der Waals surface area contributed by atoms with E-state index in [1.807, 2.05) is 0 Å². The van der Waals surface area contributed by atoms with Gasteiger partial charge < -0.3 is 9.30 Å². The molecule has 1 aromatic heterocycles. The Labute approximate surface area is 207 Å². The zero-order valence-electron chi connectivity index (χ0n) is 20.4. The van der Waals surface area contributed by atoms with Gasteiger partial charge in [-0.2, -0.15) is 4.31 Å². The molecule has 0 fully saturated rings. The van der Waals surface area contributed by atoms with E-state index in [1.54, 1.807) is 35.7 Å². The lowest BCUT2D eigenvalue weighted by molar-refractivity contribution is 0.414. The fourth-order valence-electron chi connectivity index (χ4n) is 4.99. The quantitative estimate of drug-likeness (QED) is 0.346. The summed E-state index contributed by atoms with van der Waals surface area (Å²) in [6.07, 6.45) is 2.76. The molecular weight excluding hydrogens is 456 g/mol. The Balaban J connectivity index is 1.47. The largest absolute Gasteiger partial charge is 0.497 e. The van der Waals surface area contributed by atoms with E-state index in [2.05, 4.69) is 73.0 Å². The molecule has 0 unspecified atom stereocenters. The van der Waals surface area contributed by atoms with Crippen LogP contribution in [0.2, 0.25) is 0 Å². The van der Waals surface area contributed by atoms with Gasteiger partial charge in [0.2, 0.25) is 10.0 Å². The average molecular weight is 487 g/mol. The summed E-state index contributed by atoms with van der Waals surface area (Å²) in [5, 5.41) is 1.22. The SMILES string of the molecule is COc1ccc(S(=O)(=O)N2CC=C(c3c(C)n(Cc4ccccc4C)c4ccccc34)CC2)cc1. The van der Waals surface area contributed by atoms with Crippen LogP contribution in [0.15, 0.2) is 83.8 Å². The normalized spacial score (nSPS) is 14.8. The minimum Gasteiger partial charge on any atom is -0.497 e. The Kier molecular flexibility index (Phi) is 6.26. The molecule has 0 radical (unpaired) electrons. The maximum absolute atomic E-state index is 13.2. The molecule has 5 rings (SSSR count). The average Bonchev–Trinajstić information content (AvgIpc) is 3.16. The number of nitrogens with zero attached hydrogens (tertiary/aromatic N) is 2. The molecule has 0 amide bonds. The van der Waals surface area contributed by atoms with E-state index < -0.39 is 10.0 Å². The van der Waals surface area contributed by atoms with E-state index in [4.69, 9.17) is 4.74 Å². The third-order valence-electron chi connectivity index (χ3n) is 7.01. The summed E-state index contributed by atoms with van der Waals surface area (Å²) in [4.78, 5) is 0.293. The molecule has 0 saturated carbocycles. The van der Waals surface area contributed by atoms with Crippen LogP contribution in [0.5, 0.6) is 5.75 Å². The standard InChI is InChI=1S/C29H30N2O3S/c1-21-8-4-5-9-24(21)20-31-22(2)29(27-10-6-7-11-28(27)31)23-16-18-30(19-17-23)35(32,33)26-14-12-25(34-3)13-15-26/h4-16H,17-20H2,1-3H3. The molecule has 5 nitrogen and oxygen atoms in total. The monoisotopic (exact) mass is 486 g/mol. The highest BCUT2D eigenvalue weighted by Gasteiger charge is 2.28. The Morgan fingerprint density at radius 3 is 2.31 bits per heavy atom. The summed E-state index contributed by atoms with van der Waals surface area (Å²) < 4.78 is 35.5. The van der Waals surface area contributed by atoms with Crippen molar-refractivity contribution in [3.63, 3.8) is 0 Å². The van der Waals surface area contributed by atoms with Gasteiger partial charge in [0.1, 0.15) is 5.75 Å². The molecule has 35 heavy (non-hydrogen) atoms. The van der Waals surface area contributed by atoms with E-state index in [-0.39, 0.29) is 0 Å². The van der Waals surface area contributed by atoms with Gasteiger partial charge in [0, 0.05) is 41.8 Å². The summed E-state index contributed by atoms with van der Waals surface area (Å²) in [5.41, 5.74) is 7.45. The molecule has 4 aromatic rings. The zero-order valence-corrected chi connectivity index (χ0v) is 21.2. The van der Waals surface area contributed by atoms with Gasteiger partial charge in [-0.15, -0.1) is 0 Å². The van der Waals surface area contributed by atoms with Crippen molar-refractivity contribution in [3.8, 4) is 5.75 Å². The lowest BCUT2D eigenvalue weighted by Gasteiger charge is -2.26. The molecule has 180 valence electrons. The lowest BCUT2D eigenvalue weighted by Crippen LogP contribution is -2.34. The number of para-hydroxylation sites is 1. The molecule has 6 heteroatoms. The van der Waals surface area contributed by atoms with Crippen LogP contribution in [0.4, 0.5) is 0 Å². The van der Waals surface area contributed by atoms with Gasteiger partial charge in [-0.3, -0.25) is 0 Å². The summed E-state index contributed by atoms with van der Waals surface area (Å²) in [6, 6.07) is 23.6. The van der Waals surface area contributed by atoms with Gasteiger partial charge in [0.15, 0.2) is 0 Å². The van der Waals surface area contributed by atoms with Crippen molar-refractivity contribution in [1.29, 1.82) is 0 Å². The van der Waals surface area contributed by atoms with Crippen LogP contribution < -0.4 is 4.74 Å². The number of methoxy groups -OCH3 is 1. The van der Waals surface area contributed by atoms with Crippen molar-refractivity contribution < 1.29 is 13.2 Å². The van der Waals surface area contributed by atoms with Gasteiger partial charge >= 0.3 is 0 Å². The second-order valence-corrected chi connectivity index (χ2v) is 10.9. The molecule has 0 spiro atoms. The van der Waals surface area contributed by atoms with Crippen molar-refractivity contribution in [3.05, 3.63) is 101 Å². The summed E-state index contributed by atoms with van der Waals surface area (Å²) >= 11 is 0. The summed E-state index contributed by atoms with van der Waals surface area (Å²) in [5.74, 6) is 0.641. The minimum absolute atomic E-state index is 0.293. The smallest absolute Gasteiger partial charge is 0.243 e. The Morgan fingerprint density at radius 2 is 1.63 bits per heavy atom. The molecule has 0 atom stereocenters. The number of aromatic nitrogens is 1. The first-order valence-electron chi connectivity index (χ1n) is 11.9. The molecule has 3 aromatic carbocycles. The first-order valence-corrected chi connectivity index (χ1v) is 13.3. The second kappa shape index (κ2) is 9.36. The lowest BCUT2D eigenvalue weighted by atomic mass is 9.97. The molecule has 0 bridgehead atoms. The topological polar surface area (TPSA) is 51.5 Å². The number of fused-ring (bicyclic) bond motifs is 1. The predicted molar refractivity (Wildman–Crippen MR) is 141 cm³/mol. The van der Waals surface area contributed by atoms with E-state index >= 15 is 0 Å². The number of hydrogen-bond donors (Lipinski definition) is 0. The number of ether oxygens (including phenoxy) is 1. The van der Waals surface area contributed by atoms with Crippen molar-refractivity contribution in [1.82, 2.24) is 8.87 Å².